The van der Waals surface area contributed by atoms with Gasteiger partial charge < -0.3 is 10.2 Å². The van der Waals surface area contributed by atoms with E-state index in [1.807, 2.05) is 12.1 Å². The third-order valence-corrected chi connectivity index (χ3v) is 3.27. The number of hydrogen-bond acceptors (Lipinski definition) is 4. The molecule has 102 valence electrons. The van der Waals surface area contributed by atoms with E-state index in [9.17, 15) is 0 Å². The fourth-order valence-corrected chi connectivity index (χ4v) is 2.24. The lowest BCUT2D eigenvalue weighted by atomic mass is 10.1. The van der Waals surface area contributed by atoms with Crippen LogP contribution in [-0.2, 0) is 12.8 Å². The highest BCUT2D eigenvalue weighted by atomic mass is 16.4. The van der Waals surface area contributed by atoms with E-state index in [-0.39, 0.29) is 0 Å². The van der Waals surface area contributed by atoms with Crippen LogP contribution in [0.1, 0.15) is 23.8 Å². The summed E-state index contributed by atoms with van der Waals surface area (Å²) in [5.41, 5.74) is 6.65. The van der Waals surface area contributed by atoms with E-state index in [1.165, 1.54) is 16.3 Å². The van der Waals surface area contributed by atoms with Gasteiger partial charge in [0, 0.05) is 6.42 Å². The molecule has 2 N–H and O–H groups in total. The second-order valence-corrected chi connectivity index (χ2v) is 4.84. The van der Waals surface area contributed by atoms with Gasteiger partial charge in [-0.05, 0) is 29.3 Å². The Morgan fingerprint density at radius 3 is 2.60 bits per heavy atom. The van der Waals surface area contributed by atoms with Crippen molar-refractivity contribution >= 4 is 10.8 Å². The molecule has 0 bridgehead atoms. The molecule has 0 spiro atoms. The lowest BCUT2D eigenvalue weighted by molar-refractivity contribution is 0.453. The van der Waals surface area contributed by atoms with Gasteiger partial charge in [0.1, 0.15) is 0 Å². The molecule has 0 radical (unpaired) electrons. The smallest absolute Gasteiger partial charge is 0.220 e. The predicted molar refractivity (Wildman–Crippen MR) is 78.4 cm³/mol. The second-order valence-electron chi connectivity index (χ2n) is 4.84. The van der Waals surface area contributed by atoms with Gasteiger partial charge in [-0.15, -0.1) is 10.2 Å². The van der Waals surface area contributed by atoms with Crippen LogP contribution in [0, 0.1) is 0 Å². The van der Waals surface area contributed by atoms with Gasteiger partial charge in [-0.3, -0.25) is 0 Å². The molecule has 0 saturated heterocycles. The van der Waals surface area contributed by atoms with Crippen LogP contribution >= 0.6 is 0 Å². The summed E-state index contributed by atoms with van der Waals surface area (Å²) in [5.74, 6) is 1.33. The van der Waals surface area contributed by atoms with Crippen molar-refractivity contribution in [1.82, 2.24) is 10.2 Å². The maximum Gasteiger partial charge on any atom is 0.220 e. The zero-order valence-electron chi connectivity index (χ0n) is 11.2. The predicted octanol–water partition coefficient (Wildman–Crippen LogP) is 2.70. The van der Waals surface area contributed by atoms with Gasteiger partial charge in [-0.2, -0.15) is 0 Å². The first kappa shape index (κ1) is 12.8. The summed E-state index contributed by atoms with van der Waals surface area (Å²) in [6, 6.07) is 14.7. The molecule has 0 fully saturated rings. The van der Waals surface area contributed by atoms with Crippen molar-refractivity contribution in [3.05, 3.63) is 59.8 Å². The van der Waals surface area contributed by atoms with Crippen molar-refractivity contribution in [2.45, 2.75) is 19.3 Å². The second kappa shape index (κ2) is 5.84. The highest BCUT2D eigenvalue weighted by molar-refractivity contribution is 5.83. The molecule has 4 heteroatoms. The minimum atomic E-state index is 0.641. The van der Waals surface area contributed by atoms with Crippen LogP contribution in [-0.4, -0.2) is 16.7 Å². The molecule has 3 aromatic rings. The van der Waals surface area contributed by atoms with Crippen molar-refractivity contribution in [2.75, 3.05) is 6.54 Å². The number of fused-ring (bicyclic) bond motifs is 1. The van der Waals surface area contributed by atoms with Crippen molar-refractivity contribution in [1.29, 1.82) is 0 Å². The average molecular weight is 267 g/mol. The number of benzene rings is 2. The molecule has 1 aromatic heterocycles. The third-order valence-electron chi connectivity index (χ3n) is 3.27. The zero-order chi connectivity index (χ0) is 13.8. The number of aryl methyl sites for hydroxylation is 1. The summed E-state index contributed by atoms with van der Waals surface area (Å²) in [6.45, 7) is 0.641. The molecule has 0 aliphatic rings. The number of rotatable bonds is 5. The lowest BCUT2D eigenvalue weighted by Crippen LogP contribution is -2.00. The first-order chi connectivity index (χ1) is 9.85. The van der Waals surface area contributed by atoms with Crippen LogP contribution in [0.4, 0.5) is 0 Å². The van der Waals surface area contributed by atoms with E-state index in [1.54, 1.807) is 0 Å². The molecule has 0 saturated carbocycles. The quantitative estimate of drug-likeness (QED) is 0.772. The number of nitrogens with zero attached hydrogens (tertiary/aromatic N) is 2. The van der Waals surface area contributed by atoms with Crippen LogP contribution in [0.3, 0.4) is 0 Å². The molecule has 0 unspecified atom stereocenters. The molecule has 0 amide bonds. The molecule has 0 aliphatic carbocycles. The first-order valence-corrected chi connectivity index (χ1v) is 6.84. The highest BCUT2D eigenvalue weighted by Crippen LogP contribution is 2.17. The van der Waals surface area contributed by atoms with Crippen LogP contribution in [0.2, 0.25) is 0 Å². The molecular weight excluding hydrogens is 250 g/mol. The fourth-order valence-electron chi connectivity index (χ4n) is 2.24. The number of hydrogen-bond donors (Lipinski definition) is 1. The van der Waals surface area contributed by atoms with E-state index >= 15 is 0 Å². The maximum absolute atomic E-state index is 5.62. The summed E-state index contributed by atoms with van der Waals surface area (Å²) in [7, 11) is 0. The van der Waals surface area contributed by atoms with Crippen molar-refractivity contribution in [3.8, 4) is 0 Å². The van der Waals surface area contributed by atoms with Gasteiger partial charge in [-0.25, -0.2) is 0 Å². The highest BCUT2D eigenvalue weighted by Gasteiger charge is 2.07. The van der Waals surface area contributed by atoms with E-state index in [2.05, 4.69) is 40.5 Å². The van der Waals surface area contributed by atoms with Crippen LogP contribution < -0.4 is 5.73 Å². The van der Waals surface area contributed by atoms with Gasteiger partial charge >= 0.3 is 0 Å². The molecule has 3 rings (SSSR count). The Bertz CT molecular complexity index is 706. The molecule has 1 heterocycles. The first-order valence-electron chi connectivity index (χ1n) is 6.84. The van der Waals surface area contributed by atoms with E-state index in [0.29, 0.717) is 24.7 Å². The third kappa shape index (κ3) is 2.86. The Hall–Kier alpha value is -2.20. The molecule has 0 aliphatic heterocycles. The summed E-state index contributed by atoms with van der Waals surface area (Å²) in [6.07, 6.45) is 2.29. The fraction of sp³-hybridized carbons (Fsp3) is 0.250. The minimum Gasteiger partial charge on any atom is -0.425 e. The molecule has 0 atom stereocenters. The SMILES string of the molecule is NCCCc1nnc(Cc2ccc3ccccc3c2)o1. The minimum absolute atomic E-state index is 0.641. The van der Waals surface area contributed by atoms with Gasteiger partial charge in [0.15, 0.2) is 0 Å². The van der Waals surface area contributed by atoms with Crippen LogP contribution in [0.25, 0.3) is 10.8 Å². The van der Waals surface area contributed by atoms with Crippen molar-refractivity contribution in [2.24, 2.45) is 5.73 Å². The Morgan fingerprint density at radius 2 is 1.75 bits per heavy atom. The lowest BCUT2D eigenvalue weighted by Gasteiger charge is -2.01. The maximum atomic E-state index is 5.62. The summed E-state index contributed by atoms with van der Waals surface area (Å²) >= 11 is 0. The Balaban J connectivity index is 1.76. The monoisotopic (exact) mass is 267 g/mol. The zero-order valence-corrected chi connectivity index (χ0v) is 11.2. The van der Waals surface area contributed by atoms with Gasteiger partial charge in [-0.1, -0.05) is 42.5 Å². The van der Waals surface area contributed by atoms with E-state index in [4.69, 9.17) is 10.2 Å². The van der Waals surface area contributed by atoms with Crippen molar-refractivity contribution < 1.29 is 4.42 Å². The van der Waals surface area contributed by atoms with E-state index < -0.39 is 0 Å². The molecule has 2 aromatic carbocycles. The van der Waals surface area contributed by atoms with E-state index in [0.717, 1.165) is 12.8 Å². The van der Waals surface area contributed by atoms with Crippen LogP contribution in [0.5, 0.6) is 0 Å². The normalized spacial score (nSPS) is 11.1. The van der Waals surface area contributed by atoms with Crippen molar-refractivity contribution in [3.63, 3.8) is 0 Å². The standard InChI is InChI=1S/C16H17N3O/c17-9-3-6-15-18-19-16(20-15)11-12-7-8-13-4-1-2-5-14(13)10-12/h1-2,4-5,7-8,10H,3,6,9,11,17H2. The summed E-state index contributed by atoms with van der Waals surface area (Å²) in [5, 5.41) is 10.6. The average Bonchev–Trinajstić information content (AvgIpc) is 2.92. The molecular formula is C16H17N3O. The van der Waals surface area contributed by atoms with Crippen LogP contribution in [0.15, 0.2) is 46.9 Å². The summed E-state index contributed by atoms with van der Waals surface area (Å²) < 4.78 is 5.62. The Labute approximate surface area is 117 Å². The largest absolute Gasteiger partial charge is 0.425 e. The van der Waals surface area contributed by atoms with Gasteiger partial charge in [0.2, 0.25) is 11.8 Å². The summed E-state index contributed by atoms with van der Waals surface area (Å²) in [4.78, 5) is 0. The van der Waals surface area contributed by atoms with Gasteiger partial charge in [0.25, 0.3) is 0 Å². The number of aromatic nitrogens is 2. The molecule has 20 heavy (non-hydrogen) atoms. The number of nitrogens with two attached hydrogens (primary N) is 1. The Morgan fingerprint density at radius 1 is 0.950 bits per heavy atom. The van der Waals surface area contributed by atoms with Gasteiger partial charge in [0.05, 0.1) is 6.42 Å². The molecule has 4 nitrogen and oxygen atoms in total. The topological polar surface area (TPSA) is 64.9 Å². The Kier molecular flexibility index (Phi) is 3.74.